The molecule has 3 heteroatoms. The summed E-state index contributed by atoms with van der Waals surface area (Å²) in [7, 11) is 0. The second kappa shape index (κ2) is 11.9. The topological polar surface area (TPSA) is 36.3 Å². The van der Waals surface area contributed by atoms with Gasteiger partial charge in [0.25, 0.3) is 0 Å². The molecule has 164 valence electrons. The van der Waals surface area contributed by atoms with E-state index in [-0.39, 0.29) is 0 Å². The highest BCUT2D eigenvalue weighted by Gasteiger charge is 2.13. The number of allylic oxidation sites excluding steroid dienone is 1. The molecular weight excluding hydrogens is 392 g/mol. The molecule has 32 heavy (non-hydrogen) atoms. The quantitative estimate of drug-likeness (QED) is 0.342. The molecule has 0 aliphatic rings. The zero-order valence-electron chi connectivity index (χ0n) is 19.3. The number of nitrogens with zero attached hydrogens (tertiary/aromatic N) is 2. The van der Waals surface area contributed by atoms with Crippen molar-refractivity contribution in [2.75, 3.05) is 26.2 Å². The van der Waals surface area contributed by atoms with Gasteiger partial charge in [0.05, 0.1) is 11.6 Å². The number of benzene rings is 3. The Morgan fingerprint density at radius 1 is 0.781 bits per heavy atom. The first-order valence-corrected chi connectivity index (χ1v) is 11.4. The summed E-state index contributed by atoms with van der Waals surface area (Å²) in [6, 6.07) is 29.0. The number of nitriles is 1. The highest BCUT2D eigenvalue weighted by Crippen LogP contribution is 2.35. The number of hydrogen-bond donors (Lipinski definition) is 0. The van der Waals surface area contributed by atoms with E-state index < -0.39 is 0 Å². The molecule has 3 aromatic carbocycles. The predicted octanol–water partition coefficient (Wildman–Crippen LogP) is 6.65. The Morgan fingerprint density at radius 3 is 1.91 bits per heavy atom. The van der Waals surface area contributed by atoms with Crippen LogP contribution in [0.5, 0.6) is 5.75 Å². The number of hydrogen-bond acceptors (Lipinski definition) is 3. The lowest BCUT2D eigenvalue weighted by Crippen LogP contribution is -2.27. The van der Waals surface area contributed by atoms with E-state index in [2.05, 4.69) is 80.3 Å². The molecule has 0 aliphatic carbocycles. The fourth-order valence-corrected chi connectivity index (χ4v) is 3.94. The maximum absolute atomic E-state index is 9.21. The first-order valence-electron chi connectivity index (χ1n) is 11.4. The largest absolute Gasteiger partial charge is 0.492 e. The smallest absolute Gasteiger partial charge is 0.119 e. The summed E-state index contributed by atoms with van der Waals surface area (Å²) in [6.45, 7) is 10.2. The summed E-state index contributed by atoms with van der Waals surface area (Å²) >= 11 is 0. The minimum Gasteiger partial charge on any atom is -0.492 e. The van der Waals surface area contributed by atoms with Crippen LogP contribution in [0, 0.1) is 11.3 Å². The molecule has 0 heterocycles. The molecule has 0 aliphatic heterocycles. The molecule has 0 bridgehead atoms. The normalized spacial score (nSPS) is 11.7. The van der Waals surface area contributed by atoms with Crippen molar-refractivity contribution in [1.29, 1.82) is 5.26 Å². The number of ether oxygens (including phenoxy) is 1. The van der Waals surface area contributed by atoms with Gasteiger partial charge in [-0.25, -0.2) is 0 Å². The molecule has 3 rings (SSSR count). The van der Waals surface area contributed by atoms with Gasteiger partial charge in [0.15, 0.2) is 0 Å². The van der Waals surface area contributed by atoms with Gasteiger partial charge < -0.3 is 9.64 Å². The highest BCUT2D eigenvalue weighted by molar-refractivity contribution is 5.98. The van der Waals surface area contributed by atoms with E-state index in [4.69, 9.17) is 4.74 Å². The van der Waals surface area contributed by atoms with Crippen LogP contribution >= 0.6 is 0 Å². The van der Waals surface area contributed by atoms with E-state index in [1.165, 1.54) is 16.7 Å². The SMILES string of the molecule is CC/C(=C(/c1ccc(C#N)cc1)c1ccc(OCCN(CC)CC)cc1)c1ccccc1. The van der Waals surface area contributed by atoms with Gasteiger partial charge in [0.2, 0.25) is 0 Å². The summed E-state index contributed by atoms with van der Waals surface area (Å²) in [6.07, 6.45) is 0.904. The van der Waals surface area contributed by atoms with Crippen LogP contribution in [-0.4, -0.2) is 31.1 Å². The van der Waals surface area contributed by atoms with E-state index in [0.29, 0.717) is 12.2 Å². The highest BCUT2D eigenvalue weighted by atomic mass is 16.5. The molecule has 0 atom stereocenters. The molecular formula is C29H32N2O. The lowest BCUT2D eigenvalue weighted by molar-refractivity contribution is 0.223. The summed E-state index contributed by atoms with van der Waals surface area (Å²) in [5.41, 5.74) is 6.62. The Morgan fingerprint density at radius 2 is 1.38 bits per heavy atom. The average molecular weight is 425 g/mol. The Balaban J connectivity index is 1.95. The van der Waals surface area contributed by atoms with Gasteiger partial charge in [-0.3, -0.25) is 0 Å². The van der Waals surface area contributed by atoms with Gasteiger partial charge in [-0.2, -0.15) is 5.26 Å². The summed E-state index contributed by atoms with van der Waals surface area (Å²) in [5, 5.41) is 9.21. The van der Waals surface area contributed by atoms with Crippen molar-refractivity contribution < 1.29 is 4.74 Å². The maximum Gasteiger partial charge on any atom is 0.119 e. The molecule has 0 spiro atoms. The van der Waals surface area contributed by atoms with E-state index in [1.807, 2.05) is 30.3 Å². The first kappa shape index (κ1) is 23.3. The molecule has 0 aromatic heterocycles. The van der Waals surface area contributed by atoms with Crippen LogP contribution in [0.15, 0.2) is 78.9 Å². The monoisotopic (exact) mass is 424 g/mol. The zero-order chi connectivity index (χ0) is 22.8. The van der Waals surface area contributed by atoms with E-state index in [0.717, 1.165) is 42.9 Å². The zero-order valence-corrected chi connectivity index (χ0v) is 19.3. The summed E-state index contributed by atoms with van der Waals surface area (Å²) in [5.74, 6) is 0.887. The van der Waals surface area contributed by atoms with Gasteiger partial charge in [0, 0.05) is 6.54 Å². The predicted molar refractivity (Wildman–Crippen MR) is 134 cm³/mol. The Labute approximate surface area is 192 Å². The third-order valence-electron chi connectivity index (χ3n) is 5.79. The molecule has 3 nitrogen and oxygen atoms in total. The average Bonchev–Trinajstić information content (AvgIpc) is 2.86. The van der Waals surface area contributed by atoms with Crippen molar-refractivity contribution in [3.8, 4) is 11.8 Å². The fraction of sp³-hybridized carbons (Fsp3) is 0.276. The molecule has 0 saturated carbocycles. The Bertz CT molecular complexity index is 1040. The van der Waals surface area contributed by atoms with Gasteiger partial charge in [-0.15, -0.1) is 0 Å². The first-order chi connectivity index (χ1) is 15.7. The standard InChI is InChI=1S/C29H32N2O/c1-4-28(24-10-8-7-9-11-24)29(25-14-12-23(22-30)13-15-25)26-16-18-27(19-17-26)32-21-20-31(5-2)6-3/h7-19H,4-6,20-21H2,1-3H3/b29-28+. The van der Waals surface area contributed by atoms with Gasteiger partial charge in [-0.05, 0) is 71.6 Å². The maximum atomic E-state index is 9.21. The minimum absolute atomic E-state index is 0.669. The van der Waals surface area contributed by atoms with E-state index in [9.17, 15) is 5.26 Å². The lowest BCUT2D eigenvalue weighted by Gasteiger charge is -2.19. The van der Waals surface area contributed by atoms with Crippen molar-refractivity contribution in [2.45, 2.75) is 27.2 Å². The van der Waals surface area contributed by atoms with Crippen LogP contribution in [0.3, 0.4) is 0 Å². The summed E-state index contributed by atoms with van der Waals surface area (Å²) < 4.78 is 5.99. The summed E-state index contributed by atoms with van der Waals surface area (Å²) in [4.78, 5) is 2.35. The van der Waals surface area contributed by atoms with Crippen molar-refractivity contribution in [3.63, 3.8) is 0 Å². The van der Waals surface area contributed by atoms with Gasteiger partial charge >= 0.3 is 0 Å². The molecule has 0 fully saturated rings. The third kappa shape index (κ3) is 5.87. The van der Waals surface area contributed by atoms with Crippen molar-refractivity contribution in [3.05, 3.63) is 101 Å². The van der Waals surface area contributed by atoms with Crippen LogP contribution in [-0.2, 0) is 0 Å². The third-order valence-corrected chi connectivity index (χ3v) is 5.79. The van der Waals surface area contributed by atoms with Gasteiger partial charge in [0.1, 0.15) is 12.4 Å². The van der Waals surface area contributed by atoms with Crippen LogP contribution < -0.4 is 4.74 Å². The van der Waals surface area contributed by atoms with Crippen LogP contribution in [0.2, 0.25) is 0 Å². The van der Waals surface area contributed by atoms with Crippen molar-refractivity contribution in [1.82, 2.24) is 4.90 Å². The molecule has 0 saturated heterocycles. The Kier molecular flexibility index (Phi) is 8.66. The van der Waals surface area contributed by atoms with Gasteiger partial charge in [-0.1, -0.05) is 75.4 Å². The van der Waals surface area contributed by atoms with Crippen LogP contribution in [0.1, 0.15) is 49.4 Å². The second-order valence-corrected chi connectivity index (χ2v) is 7.66. The number of rotatable bonds is 10. The molecule has 3 aromatic rings. The second-order valence-electron chi connectivity index (χ2n) is 7.66. The number of likely N-dealkylation sites (N-methyl/N-ethyl adjacent to an activating group) is 1. The molecule has 0 unspecified atom stereocenters. The fourth-order valence-electron chi connectivity index (χ4n) is 3.94. The molecule has 0 amide bonds. The molecule has 0 N–H and O–H groups in total. The van der Waals surface area contributed by atoms with E-state index in [1.54, 1.807) is 0 Å². The lowest BCUT2D eigenvalue weighted by atomic mass is 9.88. The van der Waals surface area contributed by atoms with Crippen LogP contribution in [0.4, 0.5) is 0 Å². The van der Waals surface area contributed by atoms with E-state index >= 15 is 0 Å². The Hall–Kier alpha value is -3.35. The van der Waals surface area contributed by atoms with Crippen molar-refractivity contribution in [2.24, 2.45) is 0 Å². The van der Waals surface area contributed by atoms with Crippen LogP contribution in [0.25, 0.3) is 11.1 Å². The molecule has 0 radical (unpaired) electrons. The minimum atomic E-state index is 0.669. The van der Waals surface area contributed by atoms with Crippen molar-refractivity contribution >= 4 is 11.1 Å².